The number of rotatable bonds is 8. The molecule has 1 heterocycles. The first-order valence-corrected chi connectivity index (χ1v) is 13.6. The van der Waals surface area contributed by atoms with Gasteiger partial charge in [0.15, 0.2) is 9.84 Å². The fourth-order valence-electron chi connectivity index (χ4n) is 4.25. The summed E-state index contributed by atoms with van der Waals surface area (Å²) in [5, 5.41) is 6.82. The van der Waals surface area contributed by atoms with Gasteiger partial charge in [-0.05, 0) is 55.0 Å². The molecule has 0 atom stereocenters. The predicted octanol–water partition coefficient (Wildman–Crippen LogP) is 6.31. The number of fused-ring (bicyclic) bond motifs is 1. The highest BCUT2D eigenvalue weighted by Crippen LogP contribution is 2.28. The number of amides is 1. The van der Waals surface area contributed by atoms with Gasteiger partial charge in [0, 0.05) is 34.2 Å². The third kappa shape index (κ3) is 5.73. The topological polar surface area (TPSA) is 80.2 Å². The van der Waals surface area contributed by atoms with E-state index in [-0.39, 0.29) is 23.1 Å². The van der Waals surface area contributed by atoms with Gasteiger partial charge >= 0.3 is 0 Å². The molecule has 0 aliphatic carbocycles. The molecule has 0 spiro atoms. The number of aryl methyl sites for hydroxylation is 1. The Hall–Kier alpha value is -4.36. The molecule has 0 fully saturated rings. The van der Waals surface area contributed by atoms with E-state index in [4.69, 9.17) is 0 Å². The van der Waals surface area contributed by atoms with Gasteiger partial charge in [-0.15, -0.1) is 0 Å². The van der Waals surface area contributed by atoms with Crippen LogP contribution in [0.4, 0.5) is 17.1 Å². The first-order valence-electron chi connectivity index (χ1n) is 12.0. The van der Waals surface area contributed by atoms with Crippen LogP contribution in [0.1, 0.15) is 11.1 Å². The molecule has 4 aromatic carbocycles. The van der Waals surface area contributed by atoms with Crippen molar-refractivity contribution in [2.75, 3.05) is 10.6 Å². The zero-order chi connectivity index (χ0) is 25.8. The average Bonchev–Trinajstić information content (AvgIpc) is 3.26. The molecule has 0 saturated carbocycles. The second kappa shape index (κ2) is 10.3. The van der Waals surface area contributed by atoms with E-state index in [9.17, 15) is 13.2 Å². The normalized spacial score (nSPS) is 11.4. The van der Waals surface area contributed by atoms with Gasteiger partial charge in [0.2, 0.25) is 5.91 Å². The number of aromatic nitrogens is 1. The van der Waals surface area contributed by atoms with Crippen LogP contribution >= 0.6 is 0 Å². The third-order valence-electron chi connectivity index (χ3n) is 6.11. The minimum absolute atomic E-state index is 0.00934. The van der Waals surface area contributed by atoms with E-state index in [2.05, 4.69) is 10.6 Å². The van der Waals surface area contributed by atoms with E-state index < -0.39 is 9.84 Å². The molecule has 0 aliphatic rings. The third-order valence-corrected chi connectivity index (χ3v) is 7.82. The summed E-state index contributed by atoms with van der Waals surface area (Å²) in [5.41, 5.74) is 5.04. The van der Waals surface area contributed by atoms with Crippen LogP contribution in [0.15, 0.2) is 114 Å². The van der Waals surface area contributed by atoms with Gasteiger partial charge in [-0.1, -0.05) is 66.2 Å². The van der Waals surface area contributed by atoms with Crippen LogP contribution in [-0.4, -0.2) is 18.9 Å². The molecule has 0 saturated heterocycles. The molecule has 186 valence electrons. The van der Waals surface area contributed by atoms with Crippen molar-refractivity contribution >= 4 is 43.7 Å². The monoisotopic (exact) mass is 509 g/mol. The lowest BCUT2D eigenvalue weighted by atomic mass is 10.2. The van der Waals surface area contributed by atoms with E-state index >= 15 is 0 Å². The number of benzene rings is 4. The number of sulfone groups is 1. The van der Waals surface area contributed by atoms with Crippen molar-refractivity contribution in [1.29, 1.82) is 0 Å². The summed E-state index contributed by atoms with van der Waals surface area (Å²) in [4.78, 5) is 13.1. The van der Waals surface area contributed by atoms with Crippen LogP contribution in [0.25, 0.3) is 10.9 Å². The van der Waals surface area contributed by atoms with Crippen molar-refractivity contribution in [3.63, 3.8) is 0 Å². The van der Waals surface area contributed by atoms with E-state index in [0.717, 1.165) is 22.5 Å². The second-order valence-corrected chi connectivity index (χ2v) is 11.0. The van der Waals surface area contributed by atoms with Gasteiger partial charge in [-0.3, -0.25) is 4.79 Å². The number of anilines is 3. The summed E-state index contributed by atoms with van der Waals surface area (Å²) in [5.74, 6) is -0.344. The summed E-state index contributed by atoms with van der Waals surface area (Å²) in [6, 6.07) is 32.0. The average molecular weight is 510 g/mol. The number of carbonyl (C=O) groups is 1. The Labute approximate surface area is 216 Å². The predicted molar refractivity (Wildman–Crippen MR) is 149 cm³/mol. The smallest absolute Gasteiger partial charge is 0.244 e. The highest BCUT2D eigenvalue weighted by atomic mass is 32.2. The van der Waals surface area contributed by atoms with E-state index in [1.54, 1.807) is 16.8 Å². The van der Waals surface area contributed by atoms with Crippen molar-refractivity contribution in [2.45, 2.75) is 24.1 Å². The lowest BCUT2D eigenvalue weighted by Crippen LogP contribution is -2.18. The Kier molecular flexibility index (Phi) is 6.79. The summed E-state index contributed by atoms with van der Waals surface area (Å²) >= 11 is 0. The minimum atomic E-state index is -3.62. The Morgan fingerprint density at radius 1 is 0.757 bits per heavy atom. The zero-order valence-corrected chi connectivity index (χ0v) is 21.2. The fraction of sp³-hybridized carbons (Fsp3) is 0.100. The molecule has 0 aliphatic heterocycles. The molecule has 0 unspecified atom stereocenters. The standard InChI is InChI=1S/C30H27N3O3S/c1-22-11-13-23(14-12-22)21-37(35,36)29-19-33(28-10-6-5-9-27(28)29)20-30(34)32-26-17-15-25(16-18-26)31-24-7-3-2-4-8-24/h2-19,31H,20-21H2,1H3,(H,32,34). The molecule has 6 nitrogen and oxygen atoms in total. The van der Waals surface area contributed by atoms with Gasteiger partial charge in [-0.25, -0.2) is 8.42 Å². The molecular formula is C30H27N3O3S. The molecule has 5 rings (SSSR count). The maximum atomic E-state index is 13.3. The Morgan fingerprint density at radius 2 is 1.38 bits per heavy atom. The first-order chi connectivity index (χ1) is 17.9. The van der Waals surface area contributed by atoms with Crippen LogP contribution in [0, 0.1) is 6.92 Å². The molecule has 1 amide bonds. The molecule has 0 bridgehead atoms. The molecule has 37 heavy (non-hydrogen) atoms. The van der Waals surface area contributed by atoms with Gasteiger partial charge in [0.25, 0.3) is 0 Å². The molecule has 2 N–H and O–H groups in total. The number of hydrogen-bond acceptors (Lipinski definition) is 4. The van der Waals surface area contributed by atoms with Crippen LogP contribution in [-0.2, 0) is 26.9 Å². The maximum absolute atomic E-state index is 13.3. The number of para-hydroxylation sites is 2. The van der Waals surface area contributed by atoms with Gasteiger partial charge < -0.3 is 15.2 Å². The van der Waals surface area contributed by atoms with E-state index in [1.165, 1.54) is 0 Å². The van der Waals surface area contributed by atoms with Gasteiger partial charge in [-0.2, -0.15) is 0 Å². The maximum Gasteiger partial charge on any atom is 0.244 e. The molecule has 1 aromatic heterocycles. The Balaban J connectivity index is 1.32. The quantitative estimate of drug-likeness (QED) is 0.257. The lowest BCUT2D eigenvalue weighted by Gasteiger charge is -2.10. The highest BCUT2D eigenvalue weighted by molar-refractivity contribution is 7.90. The van der Waals surface area contributed by atoms with Crippen LogP contribution in [0.2, 0.25) is 0 Å². The zero-order valence-electron chi connectivity index (χ0n) is 20.4. The van der Waals surface area contributed by atoms with Crippen LogP contribution in [0.5, 0.6) is 0 Å². The van der Waals surface area contributed by atoms with Crippen molar-refractivity contribution in [3.05, 3.63) is 120 Å². The second-order valence-electron chi connectivity index (χ2n) is 9.00. The summed E-state index contributed by atoms with van der Waals surface area (Å²) in [6.07, 6.45) is 1.57. The number of nitrogens with one attached hydrogen (secondary N) is 2. The Morgan fingerprint density at radius 3 is 2.11 bits per heavy atom. The van der Waals surface area contributed by atoms with Crippen LogP contribution in [0.3, 0.4) is 0 Å². The number of hydrogen-bond donors (Lipinski definition) is 2. The van der Waals surface area contributed by atoms with Gasteiger partial charge in [0.1, 0.15) is 6.54 Å². The Bertz CT molecular complexity index is 1640. The fourth-order valence-corrected chi connectivity index (χ4v) is 5.84. The molecular weight excluding hydrogens is 482 g/mol. The van der Waals surface area contributed by atoms with Crippen molar-refractivity contribution in [2.24, 2.45) is 0 Å². The van der Waals surface area contributed by atoms with Gasteiger partial charge in [0.05, 0.1) is 10.6 Å². The summed E-state index contributed by atoms with van der Waals surface area (Å²) in [7, 11) is -3.62. The largest absolute Gasteiger partial charge is 0.356 e. The SMILES string of the molecule is Cc1ccc(CS(=O)(=O)c2cn(CC(=O)Nc3ccc(Nc4ccccc4)cc3)c3ccccc23)cc1. The van der Waals surface area contributed by atoms with Crippen molar-refractivity contribution < 1.29 is 13.2 Å². The number of carbonyl (C=O) groups excluding carboxylic acids is 1. The molecule has 0 radical (unpaired) electrons. The lowest BCUT2D eigenvalue weighted by molar-refractivity contribution is -0.116. The van der Waals surface area contributed by atoms with E-state index in [0.29, 0.717) is 16.6 Å². The van der Waals surface area contributed by atoms with Crippen molar-refractivity contribution in [1.82, 2.24) is 4.57 Å². The van der Waals surface area contributed by atoms with Crippen LogP contribution < -0.4 is 10.6 Å². The molecule has 5 aromatic rings. The molecule has 7 heteroatoms. The summed E-state index contributed by atoms with van der Waals surface area (Å²) in [6.45, 7) is 1.96. The summed E-state index contributed by atoms with van der Waals surface area (Å²) < 4.78 is 28.4. The van der Waals surface area contributed by atoms with E-state index in [1.807, 2.05) is 104 Å². The first kappa shape index (κ1) is 24.3. The highest BCUT2D eigenvalue weighted by Gasteiger charge is 2.22. The minimum Gasteiger partial charge on any atom is -0.356 e. The number of nitrogens with zero attached hydrogens (tertiary/aromatic N) is 1. The van der Waals surface area contributed by atoms with Crippen molar-refractivity contribution in [3.8, 4) is 0 Å².